The maximum atomic E-state index is 11.9. The molecule has 0 aromatic carbocycles. The number of hydrogen-bond acceptors (Lipinski definition) is 3. The lowest BCUT2D eigenvalue weighted by Crippen LogP contribution is -2.30. The zero-order valence-electron chi connectivity index (χ0n) is 12.2. The first-order valence-electron chi connectivity index (χ1n) is 6.85. The first-order valence-corrected chi connectivity index (χ1v) is 8.17. The minimum absolute atomic E-state index is 0.0305. The zero-order valence-corrected chi connectivity index (χ0v) is 13.0. The Labute approximate surface area is 118 Å². The van der Waals surface area contributed by atoms with Crippen molar-refractivity contribution < 1.29 is 4.21 Å². The van der Waals surface area contributed by atoms with Gasteiger partial charge in [-0.05, 0) is 26.0 Å². The standard InChI is InChI=1S/C13H24N4OS/c1-10(2)9-19(18)15-11(3)13-7-12-8-16(4)5-6-17(12)14-13/h7,10-11,15H,5-6,8-9H2,1-4H3/t11-,19?/m0/s1. The summed E-state index contributed by atoms with van der Waals surface area (Å²) in [5.41, 5.74) is 2.23. The van der Waals surface area contributed by atoms with Crippen LogP contribution in [-0.4, -0.2) is 38.2 Å². The third kappa shape index (κ3) is 3.87. The average Bonchev–Trinajstić information content (AvgIpc) is 2.70. The Morgan fingerprint density at radius 3 is 2.84 bits per heavy atom. The highest BCUT2D eigenvalue weighted by atomic mass is 32.2. The van der Waals surface area contributed by atoms with E-state index in [1.807, 2.05) is 6.92 Å². The predicted molar refractivity (Wildman–Crippen MR) is 78.0 cm³/mol. The van der Waals surface area contributed by atoms with Crippen LogP contribution >= 0.6 is 0 Å². The number of aromatic nitrogens is 2. The second kappa shape index (κ2) is 6.15. The highest BCUT2D eigenvalue weighted by Crippen LogP contribution is 2.17. The maximum Gasteiger partial charge on any atom is 0.0924 e. The Hall–Kier alpha value is -0.720. The van der Waals surface area contributed by atoms with Gasteiger partial charge in [-0.1, -0.05) is 13.8 Å². The first-order chi connectivity index (χ1) is 8.95. The van der Waals surface area contributed by atoms with Crippen molar-refractivity contribution in [1.29, 1.82) is 0 Å². The Morgan fingerprint density at radius 1 is 1.42 bits per heavy atom. The van der Waals surface area contributed by atoms with Crippen molar-refractivity contribution in [3.8, 4) is 0 Å². The van der Waals surface area contributed by atoms with Gasteiger partial charge in [0.2, 0.25) is 0 Å². The van der Waals surface area contributed by atoms with E-state index in [1.165, 1.54) is 5.69 Å². The molecule has 0 radical (unpaired) electrons. The summed E-state index contributed by atoms with van der Waals surface area (Å²) in [7, 11) is 1.14. The molecule has 1 aliphatic rings. The quantitative estimate of drug-likeness (QED) is 0.886. The van der Waals surface area contributed by atoms with E-state index >= 15 is 0 Å². The summed E-state index contributed by atoms with van der Waals surface area (Å²) >= 11 is 0. The van der Waals surface area contributed by atoms with Gasteiger partial charge in [0.25, 0.3) is 0 Å². The second-order valence-corrected chi connectivity index (χ2v) is 7.03. The van der Waals surface area contributed by atoms with Crippen LogP contribution in [0.4, 0.5) is 0 Å². The third-order valence-electron chi connectivity index (χ3n) is 3.24. The largest absolute Gasteiger partial charge is 0.299 e. The number of fused-ring (bicyclic) bond motifs is 1. The lowest BCUT2D eigenvalue weighted by atomic mass is 10.2. The smallest absolute Gasteiger partial charge is 0.0924 e. The lowest BCUT2D eigenvalue weighted by molar-refractivity contribution is 0.258. The average molecular weight is 284 g/mol. The summed E-state index contributed by atoms with van der Waals surface area (Å²) in [5, 5.41) is 4.61. The number of likely N-dealkylation sites (N-methyl/N-ethyl adjacent to an activating group) is 1. The van der Waals surface area contributed by atoms with Crippen molar-refractivity contribution in [2.75, 3.05) is 19.3 Å². The molecule has 0 fully saturated rings. The molecule has 0 aliphatic carbocycles. The van der Waals surface area contributed by atoms with Crippen LogP contribution in [0.3, 0.4) is 0 Å². The molecule has 6 heteroatoms. The molecule has 0 saturated carbocycles. The highest BCUT2D eigenvalue weighted by molar-refractivity contribution is 7.83. The van der Waals surface area contributed by atoms with Crippen molar-refractivity contribution in [3.05, 3.63) is 17.5 Å². The molecule has 0 bridgehead atoms. The normalized spacial score (nSPS) is 19.4. The van der Waals surface area contributed by atoms with Crippen LogP contribution < -0.4 is 4.72 Å². The van der Waals surface area contributed by atoms with Crippen LogP contribution in [0.2, 0.25) is 0 Å². The van der Waals surface area contributed by atoms with Gasteiger partial charge in [0.15, 0.2) is 0 Å². The van der Waals surface area contributed by atoms with Gasteiger partial charge in [-0.3, -0.25) is 9.58 Å². The van der Waals surface area contributed by atoms with E-state index in [9.17, 15) is 4.21 Å². The highest BCUT2D eigenvalue weighted by Gasteiger charge is 2.19. The molecule has 0 spiro atoms. The number of nitrogens with zero attached hydrogens (tertiary/aromatic N) is 3. The molecule has 1 unspecified atom stereocenters. The topological polar surface area (TPSA) is 50.2 Å². The summed E-state index contributed by atoms with van der Waals surface area (Å²) in [5.74, 6) is 1.12. The summed E-state index contributed by atoms with van der Waals surface area (Å²) in [6, 6.07) is 2.16. The Balaban J connectivity index is 2.00. The predicted octanol–water partition coefficient (Wildman–Crippen LogP) is 1.30. The van der Waals surface area contributed by atoms with E-state index in [-0.39, 0.29) is 6.04 Å². The van der Waals surface area contributed by atoms with E-state index in [1.54, 1.807) is 0 Å². The molecule has 19 heavy (non-hydrogen) atoms. The molecular formula is C13H24N4OS. The fourth-order valence-corrected chi connectivity index (χ4v) is 3.46. The fraction of sp³-hybridized carbons (Fsp3) is 0.769. The van der Waals surface area contributed by atoms with E-state index in [0.717, 1.165) is 25.3 Å². The van der Waals surface area contributed by atoms with Crippen molar-refractivity contribution in [3.63, 3.8) is 0 Å². The minimum Gasteiger partial charge on any atom is -0.299 e. The molecule has 5 nitrogen and oxygen atoms in total. The lowest BCUT2D eigenvalue weighted by Gasteiger charge is -2.22. The monoisotopic (exact) mass is 284 g/mol. The maximum absolute atomic E-state index is 11.9. The molecule has 0 amide bonds. The molecular weight excluding hydrogens is 260 g/mol. The van der Waals surface area contributed by atoms with Crippen molar-refractivity contribution >= 4 is 11.0 Å². The molecule has 2 atom stereocenters. The number of rotatable bonds is 5. The van der Waals surface area contributed by atoms with Crippen molar-refractivity contribution in [2.24, 2.45) is 5.92 Å². The van der Waals surface area contributed by atoms with Gasteiger partial charge >= 0.3 is 0 Å². The summed E-state index contributed by atoms with van der Waals surface area (Å²) in [6.45, 7) is 9.10. The Morgan fingerprint density at radius 2 is 2.16 bits per heavy atom. The van der Waals surface area contributed by atoms with E-state index < -0.39 is 11.0 Å². The third-order valence-corrected chi connectivity index (χ3v) is 4.83. The van der Waals surface area contributed by atoms with Gasteiger partial charge in [-0.2, -0.15) is 5.10 Å². The van der Waals surface area contributed by atoms with E-state index in [2.05, 4.69) is 46.4 Å². The molecule has 108 valence electrons. The van der Waals surface area contributed by atoms with Crippen LogP contribution in [0.15, 0.2) is 6.07 Å². The zero-order chi connectivity index (χ0) is 14.0. The van der Waals surface area contributed by atoms with Crippen LogP contribution in [0.5, 0.6) is 0 Å². The second-order valence-electron chi connectivity index (χ2n) is 5.77. The van der Waals surface area contributed by atoms with Gasteiger partial charge < -0.3 is 0 Å². The van der Waals surface area contributed by atoms with Gasteiger partial charge in [-0.25, -0.2) is 8.93 Å². The van der Waals surface area contributed by atoms with Crippen LogP contribution in [0.25, 0.3) is 0 Å². The van der Waals surface area contributed by atoms with Crippen LogP contribution in [0.1, 0.15) is 38.2 Å². The summed E-state index contributed by atoms with van der Waals surface area (Å²) < 4.78 is 17.1. The van der Waals surface area contributed by atoms with Crippen LogP contribution in [-0.2, 0) is 24.1 Å². The fourth-order valence-electron chi connectivity index (χ4n) is 2.24. The SMILES string of the molecule is CC(C)CS(=O)N[C@@H](C)c1cc2n(n1)CCN(C)C2. The Kier molecular flexibility index (Phi) is 4.76. The first kappa shape index (κ1) is 14.7. The van der Waals surface area contributed by atoms with Gasteiger partial charge in [0, 0.05) is 18.8 Å². The molecule has 1 aliphatic heterocycles. The number of nitrogens with one attached hydrogen (secondary N) is 1. The van der Waals surface area contributed by atoms with Gasteiger partial charge in [0.1, 0.15) is 0 Å². The van der Waals surface area contributed by atoms with Crippen LogP contribution in [0, 0.1) is 5.92 Å². The molecule has 1 aromatic heterocycles. The molecule has 0 saturated heterocycles. The van der Waals surface area contributed by atoms with Crippen molar-refractivity contribution in [2.45, 2.75) is 39.9 Å². The van der Waals surface area contributed by atoms with Gasteiger partial charge in [-0.15, -0.1) is 0 Å². The molecule has 2 rings (SSSR count). The molecule has 2 heterocycles. The van der Waals surface area contributed by atoms with Gasteiger partial charge in [0.05, 0.1) is 35.0 Å². The Bertz CT molecular complexity index is 457. The summed E-state index contributed by atoms with van der Waals surface area (Å²) in [4.78, 5) is 2.29. The molecule has 1 N–H and O–H groups in total. The van der Waals surface area contributed by atoms with E-state index in [0.29, 0.717) is 11.7 Å². The van der Waals surface area contributed by atoms with E-state index in [4.69, 9.17) is 0 Å². The molecule has 1 aromatic rings. The number of hydrogen-bond donors (Lipinski definition) is 1. The summed E-state index contributed by atoms with van der Waals surface area (Å²) in [6.07, 6.45) is 0. The van der Waals surface area contributed by atoms with Crippen molar-refractivity contribution in [1.82, 2.24) is 19.4 Å². The minimum atomic E-state index is -0.983.